The van der Waals surface area contributed by atoms with E-state index in [9.17, 15) is 14.4 Å². The summed E-state index contributed by atoms with van der Waals surface area (Å²) >= 11 is 0. The van der Waals surface area contributed by atoms with E-state index < -0.39 is 0 Å². The summed E-state index contributed by atoms with van der Waals surface area (Å²) in [5.74, 6) is 1.06. The first-order valence-corrected chi connectivity index (χ1v) is 12.5. The molecule has 0 saturated carbocycles. The minimum Gasteiger partial charge on any atom is -0.343 e. The first-order chi connectivity index (χ1) is 15.3. The van der Waals surface area contributed by atoms with Gasteiger partial charge in [0.15, 0.2) is 5.78 Å². The number of rotatable bonds is 12. The average molecular weight is 443 g/mol. The van der Waals surface area contributed by atoms with E-state index in [0.717, 1.165) is 50.8 Å². The van der Waals surface area contributed by atoms with Crippen molar-refractivity contribution in [1.82, 2.24) is 9.80 Å². The fraction of sp³-hybridized carbons (Fsp3) is 0.667. The second kappa shape index (κ2) is 13.4. The lowest BCUT2D eigenvalue weighted by Gasteiger charge is -2.31. The zero-order chi connectivity index (χ0) is 23.5. The maximum atomic E-state index is 12.9. The zero-order valence-corrected chi connectivity index (χ0v) is 20.6. The SMILES string of the molecule is CCCN(CCC)C(=O)CCCC(=O)N1CCC(C(=O)c2ccc(CC(C)C)cc2)CC1. The monoisotopic (exact) mass is 442 g/mol. The molecule has 1 heterocycles. The smallest absolute Gasteiger partial charge is 0.222 e. The van der Waals surface area contributed by atoms with Crippen LogP contribution in [0.5, 0.6) is 0 Å². The number of piperidine rings is 1. The van der Waals surface area contributed by atoms with Gasteiger partial charge >= 0.3 is 0 Å². The Labute approximate surface area is 194 Å². The fourth-order valence-corrected chi connectivity index (χ4v) is 4.51. The number of Topliss-reactive ketones (excluding diaryl/α,β-unsaturated/α-hetero) is 1. The van der Waals surface area contributed by atoms with E-state index in [1.54, 1.807) is 0 Å². The van der Waals surface area contributed by atoms with E-state index >= 15 is 0 Å². The lowest BCUT2D eigenvalue weighted by atomic mass is 9.88. The van der Waals surface area contributed by atoms with Gasteiger partial charge in [0.05, 0.1) is 0 Å². The quantitative estimate of drug-likeness (QED) is 0.422. The number of nitrogens with zero attached hydrogens (tertiary/aromatic N) is 2. The van der Waals surface area contributed by atoms with Crippen molar-refractivity contribution >= 4 is 17.6 Å². The van der Waals surface area contributed by atoms with Crippen LogP contribution in [0, 0.1) is 11.8 Å². The van der Waals surface area contributed by atoms with Crippen LogP contribution in [0.4, 0.5) is 0 Å². The number of benzene rings is 1. The third kappa shape index (κ3) is 8.07. The van der Waals surface area contributed by atoms with Gasteiger partial charge in [0.25, 0.3) is 0 Å². The van der Waals surface area contributed by atoms with Crippen LogP contribution in [0.2, 0.25) is 0 Å². The van der Waals surface area contributed by atoms with Crippen molar-refractivity contribution in [3.8, 4) is 0 Å². The Morgan fingerprint density at radius 3 is 2.09 bits per heavy atom. The molecule has 0 aliphatic carbocycles. The van der Waals surface area contributed by atoms with Crippen molar-refractivity contribution in [3.63, 3.8) is 0 Å². The normalized spacial score (nSPS) is 14.6. The molecular weight excluding hydrogens is 400 g/mol. The van der Waals surface area contributed by atoms with E-state index in [0.29, 0.717) is 38.3 Å². The van der Waals surface area contributed by atoms with Crippen LogP contribution in [0.25, 0.3) is 0 Å². The topological polar surface area (TPSA) is 57.7 Å². The van der Waals surface area contributed by atoms with Crippen molar-refractivity contribution in [1.29, 1.82) is 0 Å². The average Bonchev–Trinajstić information content (AvgIpc) is 2.78. The summed E-state index contributed by atoms with van der Waals surface area (Å²) in [5.41, 5.74) is 2.05. The molecule has 0 spiro atoms. The second-order valence-corrected chi connectivity index (χ2v) is 9.55. The Kier molecular flexibility index (Phi) is 10.9. The van der Waals surface area contributed by atoms with Gasteiger partial charge in [0.2, 0.25) is 11.8 Å². The number of hydrogen-bond donors (Lipinski definition) is 0. The molecule has 0 bridgehead atoms. The Bertz CT molecular complexity index is 728. The Morgan fingerprint density at radius 1 is 0.969 bits per heavy atom. The molecule has 0 aromatic heterocycles. The minimum atomic E-state index is -0.00628. The van der Waals surface area contributed by atoms with Gasteiger partial charge < -0.3 is 9.80 Å². The maximum Gasteiger partial charge on any atom is 0.222 e. The minimum absolute atomic E-state index is 0.00628. The summed E-state index contributed by atoms with van der Waals surface area (Å²) in [5, 5.41) is 0. The summed E-state index contributed by atoms with van der Waals surface area (Å²) in [7, 11) is 0. The molecule has 0 unspecified atom stereocenters. The van der Waals surface area contributed by atoms with Crippen LogP contribution < -0.4 is 0 Å². The van der Waals surface area contributed by atoms with E-state index in [2.05, 4.69) is 39.8 Å². The third-order valence-corrected chi connectivity index (χ3v) is 6.22. The number of carbonyl (C=O) groups is 3. The van der Waals surface area contributed by atoms with Crippen LogP contribution in [-0.2, 0) is 16.0 Å². The van der Waals surface area contributed by atoms with E-state index in [4.69, 9.17) is 0 Å². The Balaban J connectivity index is 1.75. The molecular formula is C27H42N2O3. The molecule has 1 saturated heterocycles. The van der Waals surface area contributed by atoms with Crippen LogP contribution >= 0.6 is 0 Å². The van der Waals surface area contributed by atoms with Gasteiger partial charge in [-0.15, -0.1) is 0 Å². The first kappa shape index (κ1) is 26.1. The van der Waals surface area contributed by atoms with Crippen molar-refractivity contribution < 1.29 is 14.4 Å². The van der Waals surface area contributed by atoms with Crippen molar-refractivity contribution in [2.75, 3.05) is 26.2 Å². The van der Waals surface area contributed by atoms with Gasteiger partial charge in [-0.25, -0.2) is 0 Å². The highest BCUT2D eigenvalue weighted by atomic mass is 16.2. The predicted octanol–water partition coefficient (Wildman–Crippen LogP) is 5.13. The zero-order valence-electron chi connectivity index (χ0n) is 20.6. The van der Waals surface area contributed by atoms with E-state index in [1.807, 2.05) is 21.9 Å². The highest BCUT2D eigenvalue weighted by Crippen LogP contribution is 2.23. The van der Waals surface area contributed by atoms with Gasteiger partial charge in [-0.3, -0.25) is 14.4 Å². The number of amides is 2. The van der Waals surface area contributed by atoms with Gasteiger partial charge in [-0.05, 0) is 50.0 Å². The molecule has 178 valence electrons. The lowest BCUT2D eigenvalue weighted by Crippen LogP contribution is -2.40. The molecule has 2 rings (SSSR count). The highest BCUT2D eigenvalue weighted by molar-refractivity contribution is 5.98. The van der Waals surface area contributed by atoms with E-state index in [-0.39, 0.29) is 23.5 Å². The van der Waals surface area contributed by atoms with Crippen LogP contribution in [0.3, 0.4) is 0 Å². The molecule has 0 atom stereocenters. The Hall–Kier alpha value is -2.17. The predicted molar refractivity (Wildman–Crippen MR) is 130 cm³/mol. The largest absolute Gasteiger partial charge is 0.343 e. The summed E-state index contributed by atoms with van der Waals surface area (Å²) in [4.78, 5) is 41.6. The maximum absolute atomic E-state index is 12.9. The summed E-state index contributed by atoms with van der Waals surface area (Å²) < 4.78 is 0. The molecule has 2 amide bonds. The Morgan fingerprint density at radius 2 is 1.56 bits per heavy atom. The van der Waals surface area contributed by atoms with Gasteiger partial charge in [-0.1, -0.05) is 52.0 Å². The summed E-state index contributed by atoms with van der Waals surface area (Å²) in [6, 6.07) is 8.04. The third-order valence-electron chi connectivity index (χ3n) is 6.22. The van der Waals surface area contributed by atoms with Crippen molar-refractivity contribution in [2.24, 2.45) is 11.8 Å². The molecule has 0 radical (unpaired) electrons. The van der Waals surface area contributed by atoms with Gasteiger partial charge in [0.1, 0.15) is 0 Å². The van der Waals surface area contributed by atoms with Crippen LogP contribution in [-0.4, -0.2) is 53.6 Å². The van der Waals surface area contributed by atoms with Crippen molar-refractivity contribution in [3.05, 3.63) is 35.4 Å². The van der Waals surface area contributed by atoms with Gasteiger partial charge in [0, 0.05) is 50.5 Å². The first-order valence-electron chi connectivity index (χ1n) is 12.5. The molecule has 1 aliphatic heterocycles. The molecule has 1 aromatic carbocycles. The molecule has 0 N–H and O–H groups in total. The van der Waals surface area contributed by atoms with Gasteiger partial charge in [-0.2, -0.15) is 0 Å². The van der Waals surface area contributed by atoms with Crippen LogP contribution in [0.15, 0.2) is 24.3 Å². The lowest BCUT2D eigenvalue weighted by molar-refractivity contribution is -0.133. The molecule has 5 nitrogen and oxygen atoms in total. The molecule has 32 heavy (non-hydrogen) atoms. The highest BCUT2D eigenvalue weighted by Gasteiger charge is 2.28. The second-order valence-electron chi connectivity index (χ2n) is 9.55. The van der Waals surface area contributed by atoms with Crippen molar-refractivity contribution in [2.45, 2.75) is 79.1 Å². The number of hydrogen-bond acceptors (Lipinski definition) is 3. The number of ketones is 1. The summed E-state index contributed by atoms with van der Waals surface area (Å²) in [6.45, 7) is 11.4. The number of likely N-dealkylation sites (tertiary alicyclic amines) is 1. The molecule has 1 aromatic rings. The molecule has 1 aliphatic rings. The molecule has 1 fully saturated rings. The van der Waals surface area contributed by atoms with Crippen LogP contribution in [0.1, 0.15) is 88.6 Å². The van der Waals surface area contributed by atoms with E-state index in [1.165, 1.54) is 5.56 Å². The number of carbonyl (C=O) groups excluding carboxylic acids is 3. The fourth-order valence-electron chi connectivity index (χ4n) is 4.51. The summed E-state index contributed by atoms with van der Waals surface area (Å²) in [6.07, 6.45) is 5.83. The molecule has 5 heteroatoms. The standard InChI is InChI=1S/C27H42N2O3/c1-5-16-28(17-6-2)25(30)8-7-9-26(31)29-18-14-24(15-19-29)27(32)23-12-10-22(11-13-23)20-21(3)4/h10-13,21,24H,5-9,14-20H2,1-4H3.